The van der Waals surface area contributed by atoms with Crippen molar-refractivity contribution in [3.63, 3.8) is 0 Å². The van der Waals surface area contributed by atoms with Crippen LogP contribution < -0.4 is 10.6 Å². The molecule has 8 N–H and O–H groups in total. The molecule has 0 aromatic heterocycles. The number of Topliss-reactive ketones (excluding diaryl/α,β-unsaturated/α-hetero) is 1. The molecule has 1 saturated heterocycles. The normalized spacial score (nSPS) is 19.0. The number of carbonyl (C=O) groups is 5. The van der Waals surface area contributed by atoms with E-state index in [1.807, 2.05) is 0 Å². The van der Waals surface area contributed by atoms with Crippen LogP contribution in [0.1, 0.15) is 185 Å². The van der Waals surface area contributed by atoms with Gasteiger partial charge in [0.25, 0.3) is 0 Å². The number of amides is 2. The average molecular weight is 925 g/mol. The van der Waals surface area contributed by atoms with Crippen molar-refractivity contribution in [3.05, 3.63) is 69.3 Å². The second-order valence-electron chi connectivity index (χ2n) is 17.4. The lowest BCUT2D eigenvalue weighted by Crippen LogP contribution is -2.55. The van der Waals surface area contributed by atoms with Gasteiger partial charge >= 0.3 is 6.09 Å². The highest BCUT2D eigenvalue weighted by Gasteiger charge is 2.42. The number of nitrogens with one attached hydrogen (secondary N) is 2. The summed E-state index contributed by atoms with van der Waals surface area (Å²) < 4.78 is 17.3. The summed E-state index contributed by atoms with van der Waals surface area (Å²) >= 11 is 0. The zero-order chi connectivity index (χ0) is 48.2. The van der Waals surface area contributed by atoms with Gasteiger partial charge in [-0.15, -0.1) is 0 Å². The number of aliphatic hydroxyl groups excluding tert-OH is 4. The van der Waals surface area contributed by atoms with Gasteiger partial charge in [-0.3, -0.25) is 19.2 Å². The van der Waals surface area contributed by atoms with Crippen LogP contribution in [0, 0.1) is 0 Å². The van der Waals surface area contributed by atoms with Gasteiger partial charge in [-0.25, -0.2) is 4.79 Å². The van der Waals surface area contributed by atoms with E-state index in [-0.39, 0.29) is 47.2 Å². The van der Waals surface area contributed by atoms with Crippen molar-refractivity contribution in [2.24, 2.45) is 0 Å². The van der Waals surface area contributed by atoms with E-state index in [9.17, 15) is 54.6 Å². The maximum absolute atomic E-state index is 13.9. The van der Waals surface area contributed by atoms with Crippen molar-refractivity contribution in [1.82, 2.24) is 10.6 Å². The Kier molecular flexibility index (Phi) is 22.7. The van der Waals surface area contributed by atoms with Crippen LogP contribution in [0.2, 0.25) is 0 Å². The minimum Gasteiger partial charge on any atom is -0.507 e. The molecule has 0 bridgehead atoms. The predicted octanol–water partition coefficient (Wildman–Crippen LogP) is 6.43. The Bertz CT molecular complexity index is 1970. The number of carbonyl (C=O) groups excluding carboxylic acids is 5. The van der Waals surface area contributed by atoms with Crippen LogP contribution in [-0.4, -0.2) is 110 Å². The van der Waals surface area contributed by atoms with Gasteiger partial charge in [0.05, 0.1) is 42.6 Å². The van der Waals surface area contributed by atoms with Crippen molar-refractivity contribution < 1.29 is 68.8 Å². The lowest BCUT2D eigenvalue weighted by Gasteiger charge is -2.39. The van der Waals surface area contributed by atoms with Crippen LogP contribution >= 0.6 is 0 Å². The molecule has 1 heterocycles. The largest absolute Gasteiger partial charge is 0.507 e. The van der Waals surface area contributed by atoms with Crippen molar-refractivity contribution in [2.75, 3.05) is 19.8 Å². The van der Waals surface area contributed by atoms with E-state index in [1.165, 1.54) is 82.9 Å². The molecule has 2 aliphatic rings. The van der Waals surface area contributed by atoms with Crippen LogP contribution in [0.3, 0.4) is 0 Å². The summed E-state index contributed by atoms with van der Waals surface area (Å²) in [4.78, 5) is 65.1. The first-order valence-corrected chi connectivity index (χ1v) is 23.8. The zero-order valence-corrected chi connectivity index (χ0v) is 38.9. The Labute approximate surface area is 388 Å². The Morgan fingerprint density at radius 3 is 2.15 bits per heavy atom. The highest BCUT2D eigenvalue weighted by atomic mass is 16.7. The molecule has 6 atom stereocenters. The zero-order valence-electron chi connectivity index (χ0n) is 38.9. The third-order valence-electron chi connectivity index (χ3n) is 12.3. The molecular formula is C50H72N2O14. The second-order valence-corrected chi connectivity index (χ2v) is 17.4. The highest BCUT2D eigenvalue weighted by molar-refractivity contribution is 6.31. The first-order chi connectivity index (χ1) is 31.7. The summed E-state index contributed by atoms with van der Waals surface area (Å²) in [6.45, 7) is 4.08. The number of ketones is 3. The standard InChI is InChI=1S/C50H72N2O14/c1-4-5-6-7-8-9-10-11-12-13-14-15-16-17-18-19-26-64-50(63)51-25-21-24-39(57)52-36-28-40(66-32(3)45(36)58)65-31(2)41-35(27-37(55)38(56)30-54)47(60)43-44(48(41)61)49(62)42-33(29-53)22-20-23-34(42)46(43)59/h11-12,20,22-23,31-32,36-37,40,45,53-55,58,60-61H,4-10,13-19,21,24-30H2,1-3H3,(H,51,63)(H,52,57)/b12-11-/t31-,32?,36?,37+,40+,45?/m0/s1. The number of benzene rings is 2. The number of allylic oxidation sites excluding steroid dienone is 2. The van der Waals surface area contributed by atoms with Gasteiger partial charge in [-0.2, -0.15) is 0 Å². The van der Waals surface area contributed by atoms with Crippen LogP contribution in [0.4, 0.5) is 4.79 Å². The van der Waals surface area contributed by atoms with E-state index in [1.54, 1.807) is 6.92 Å². The van der Waals surface area contributed by atoms with E-state index in [0.29, 0.717) is 13.0 Å². The predicted molar refractivity (Wildman–Crippen MR) is 245 cm³/mol. The third-order valence-corrected chi connectivity index (χ3v) is 12.3. The third kappa shape index (κ3) is 15.2. The number of hydrogen-bond acceptors (Lipinski definition) is 14. The van der Waals surface area contributed by atoms with Crippen molar-refractivity contribution in [1.29, 1.82) is 0 Å². The fraction of sp³-hybridized carbons (Fsp3) is 0.620. The van der Waals surface area contributed by atoms with E-state index in [0.717, 1.165) is 32.1 Å². The van der Waals surface area contributed by atoms with Gasteiger partial charge in [-0.1, -0.05) is 95.1 Å². The molecule has 0 spiro atoms. The van der Waals surface area contributed by atoms with Gasteiger partial charge in [0, 0.05) is 48.1 Å². The van der Waals surface area contributed by atoms with Gasteiger partial charge in [0.2, 0.25) is 5.91 Å². The van der Waals surface area contributed by atoms with Crippen molar-refractivity contribution >= 4 is 29.4 Å². The Balaban J connectivity index is 1.24. The lowest BCUT2D eigenvalue weighted by molar-refractivity contribution is -0.240. The van der Waals surface area contributed by atoms with Crippen molar-refractivity contribution in [3.8, 4) is 11.5 Å². The molecule has 0 saturated carbocycles. The molecule has 3 unspecified atom stereocenters. The minimum atomic E-state index is -1.89. The van der Waals surface area contributed by atoms with E-state index in [4.69, 9.17) is 14.2 Å². The molecule has 1 aliphatic carbocycles. The van der Waals surface area contributed by atoms with Crippen LogP contribution in [0.25, 0.3) is 0 Å². The maximum Gasteiger partial charge on any atom is 0.407 e. The van der Waals surface area contributed by atoms with Crippen LogP contribution in [-0.2, 0) is 36.8 Å². The summed E-state index contributed by atoms with van der Waals surface area (Å²) in [6.07, 6.45) is 13.9. The first kappa shape index (κ1) is 53.9. The first-order valence-electron chi connectivity index (χ1n) is 23.8. The van der Waals surface area contributed by atoms with Gasteiger partial charge in [-0.05, 0) is 57.9 Å². The Morgan fingerprint density at radius 2 is 1.50 bits per heavy atom. The monoisotopic (exact) mass is 924 g/mol. The van der Waals surface area contributed by atoms with Gasteiger partial charge in [0.1, 0.15) is 30.3 Å². The smallest absolute Gasteiger partial charge is 0.407 e. The number of fused-ring (bicyclic) bond motifs is 2. The number of alkyl carbamates (subject to hydrolysis) is 1. The molecule has 66 heavy (non-hydrogen) atoms. The van der Waals surface area contributed by atoms with E-state index < -0.39 is 108 Å². The molecule has 1 fully saturated rings. The molecule has 0 radical (unpaired) electrons. The Hall–Kier alpha value is -4.71. The fourth-order valence-corrected chi connectivity index (χ4v) is 8.60. The number of ether oxygens (including phenoxy) is 3. The molecule has 2 amide bonds. The Morgan fingerprint density at radius 1 is 0.864 bits per heavy atom. The van der Waals surface area contributed by atoms with E-state index >= 15 is 0 Å². The molecule has 2 aromatic rings. The fourth-order valence-electron chi connectivity index (χ4n) is 8.60. The number of phenolic OH excluding ortho intramolecular Hbond substituents is 2. The summed E-state index contributed by atoms with van der Waals surface area (Å²) in [5, 5.41) is 69.7. The topological polar surface area (TPSA) is 258 Å². The average Bonchev–Trinajstić information content (AvgIpc) is 3.29. The molecule has 16 heteroatoms. The summed E-state index contributed by atoms with van der Waals surface area (Å²) in [7, 11) is 0. The number of aliphatic hydroxyl groups is 4. The molecule has 1 aliphatic heterocycles. The number of hydrogen-bond donors (Lipinski definition) is 8. The second kappa shape index (κ2) is 27.8. The maximum atomic E-state index is 13.9. The number of aromatic hydroxyl groups is 2. The molecular weight excluding hydrogens is 853 g/mol. The summed E-state index contributed by atoms with van der Waals surface area (Å²) in [5.74, 6) is -4.72. The molecule has 16 nitrogen and oxygen atoms in total. The van der Waals surface area contributed by atoms with Crippen LogP contribution in [0.5, 0.6) is 11.5 Å². The number of rotatable bonds is 29. The number of phenols is 2. The van der Waals surface area contributed by atoms with Gasteiger partial charge < -0.3 is 55.5 Å². The molecule has 366 valence electrons. The SMILES string of the molecule is CCCCCCCC/C=C\CCCCCCCCOC(=O)NCCCC(=O)NC1C[C@H](O[C@@H](C)c2c(O)c3c(c(O)c2C[C@@H](O)C(=O)CO)C(=O)c2cccc(CO)c2C3=O)OC(C)C1O. The lowest BCUT2D eigenvalue weighted by atomic mass is 9.77. The number of unbranched alkanes of at least 4 members (excludes halogenated alkanes) is 12. The van der Waals surface area contributed by atoms with E-state index in [2.05, 4.69) is 29.7 Å². The van der Waals surface area contributed by atoms with Gasteiger partial charge in [0.15, 0.2) is 23.6 Å². The minimum absolute atomic E-state index is 0.0178. The highest BCUT2D eigenvalue weighted by Crippen LogP contribution is 2.47. The summed E-state index contributed by atoms with van der Waals surface area (Å²) in [6, 6.07) is 3.35. The molecule has 2 aromatic carbocycles. The van der Waals surface area contributed by atoms with Crippen LogP contribution in [0.15, 0.2) is 30.4 Å². The quantitative estimate of drug-likeness (QED) is 0.0212. The summed E-state index contributed by atoms with van der Waals surface area (Å²) in [5.41, 5.74) is -1.90. The van der Waals surface area contributed by atoms with Crippen molar-refractivity contribution in [2.45, 2.75) is 180 Å². The molecule has 4 rings (SSSR count).